The zero-order chi connectivity index (χ0) is 9.56. The van der Waals surface area contributed by atoms with Crippen molar-refractivity contribution in [3.63, 3.8) is 0 Å². The molecule has 0 rings (SSSR count). The molecule has 0 spiro atoms. The molecule has 0 aliphatic heterocycles. The van der Waals surface area contributed by atoms with Crippen LogP contribution >= 0.6 is 0 Å². The minimum atomic E-state index is -1.50. The molecule has 0 aromatic carbocycles. The first-order valence-corrected chi connectivity index (χ1v) is 3.29. The Hall–Kier alpha value is -0.850. The largest absolute Gasteiger partial charge is 0.394 e. The molecule has 7 nitrogen and oxygen atoms in total. The van der Waals surface area contributed by atoms with E-state index in [1.165, 1.54) is 0 Å². The molecule has 0 aromatic heterocycles. The van der Waals surface area contributed by atoms with E-state index in [2.05, 4.69) is 10.0 Å². The van der Waals surface area contributed by atoms with Crippen LogP contribution < -0.4 is 0 Å². The van der Waals surface area contributed by atoms with Gasteiger partial charge in [0.2, 0.25) is 0 Å². The van der Waals surface area contributed by atoms with Crippen molar-refractivity contribution in [3.8, 4) is 0 Å². The molecule has 0 aliphatic rings. The quantitative estimate of drug-likeness (QED) is 0.228. The summed E-state index contributed by atoms with van der Waals surface area (Å²) in [5.41, 5.74) is 7.85. The normalized spacial score (nSPS) is 17.7. The van der Waals surface area contributed by atoms with Gasteiger partial charge in [0.25, 0.3) is 0 Å². The van der Waals surface area contributed by atoms with Gasteiger partial charge in [0, 0.05) is 4.91 Å². The lowest BCUT2D eigenvalue weighted by Crippen LogP contribution is -2.40. The van der Waals surface area contributed by atoms with Crippen molar-refractivity contribution in [1.29, 1.82) is 0 Å². The molecule has 0 radical (unpaired) electrons. The maximum atomic E-state index is 8.97. The third kappa shape index (κ3) is 3.51. The monoisotopic (exact) mass is 177 g/mol. The van der Waals surface area contributed by atoms with Gasteiger partial charge in [-0.15, -0.1) is 0 Å². The van der Waals surface area contributed by atoms with E-state index >= 15 is 0 Å². The summed E-state index contributed by atoms with van der Waals surface area (Å²) < 4.78 is 0. The highest BCUT2D eigenvalue weighted by Gasteiger charge is 2.22. The molecule has 0 fully saturated rings. The molecular weight excluding hydrogens is 166 g/mol. The van der Waals surface area contributed by atoms with Crippen LogP contribution in [-0.2, 0) is 0 Å². The van der Waals surface area contributed by atoms with Crippen molar-refractivity contribution in [3.05, 3.63) is 10.4 Å². The zero-order valence-electron chi connectivity index (χ0n) is 6.28. The Kier molecular flexibility index (Phi) is 5.35. The van der Waals surface area contributed by atoms with Crippen molar-refractivity contribution >= 4 is 0 Å². The molecule has 0 saturated heterocycles. The van der Waals surface area contributed by atoms with Crippen LogP contribution in [-0.4, -0.2) is 51.9 Å². The molecule has 0 amide bonds. The highest BCUT2D eigenvalue weighted by Crippen LogP contribution is 2.00. The molecule has 0 aromatic rings. The lowest BCUT2D eigenvalue weighted by atomic mass is 10.1. The molecule has 3 atom stereocenters. The van der Waals surface area contributed by atoms with E-state index in [0.717, 1.165) is 0 Å². The van der Waals surface area contributed by atoms with E-state index in [4.69, 9.17) is 26.0 Å². The summed E-state index contributed by atoms with van der Waals surface area (Å²) in [5, 5.41) is 38.1. The molecule has 4 N–H and O–H groups in total. The van der Waals surface area contributed by atoms with Gasteiger partial charge in [0.05, 0.1) is 19.3 Å². The van der Waals surface area contributed by atoms with Gasteiger partial charge < -0.3 is 20.4 Å². The predicted molar refractivity (Wildman–Crippen MR) is 39.1 cm³/mol. The average Bonchev–Trinajstić information content (AvgIpc) is 2.11. The SMILES string of the molecule is [N-]=[N+]=NCC(O)C(O)C(O)CO. The maximum Gasteiger partial charge on any atom is 0.108 e. The summed E-state index contributed by atoms with van der Waals surface area (Å²) in [5.74, 6) is 0. The highest BCUT2D eigenvalue weighted by molar-refractivity contribution is 4.76. The molecule has 0 heterocycles. The smallest absolute Gasteiger partial charge is 0.108 e. The van der Waals surface area contributed by atoms with Gasteiger partial charge in [-0.3, -0.25) is 0 Å². The fourth-order valence-corrected chi connectivity index (χ4v) is 0.593. The molecule has 0 aliphatic carbocycles. The number of hydrogen-bond donors (Lipinski definition) is 4. The number of hydrogen-bond acceptors (Lipinski definition) is 5. The summed E-state index contributed by atoms with van der Waals surface area (Å²) in [7, 11) is 0. The van der Waals surface area contributed by atoms with E-state index in [-0.39, 0.29) is 6.54 Å². The third-order valence-corrected chi connectivity index (χ3v) is 1.31. The molecule has 3 unspecified atom stereocenters. The summed E-state index contributed by atoms with van der Waals surface area (Å²) in [6, 6.07) is 0. The number of rotatable bonds is 5. The standard InChI is InChI=1S/C5H11N3O4/c6-8-7-1-3(10)5(12)4(11)2-9/h3-5,9-12H,1-2H2. The van der Waals surface area contributed by atoms with Crippen LogP contribution in [0.5, 0.6) is 0 Å². The second-order valence-electron chi connectivity index (χ2n) is 2.22. The Balaban J connectivity index is 3.90. The minimum Gasteiger partial charge on any atom is -0.394 e. The summed E-state index contributed by atoms with van der Waals surface area (Å²) in [6.45, 7) is -0.997. The Morgan fingerprint density at radius 3 is 2.25 bits per heavy atom. The molecule has 70 valence electrons. The molecule has 7 heteroatoms. The summed E-state index contributed by atoms with van der Waals surface area (Å²) >= 11 is 0. The van der Waals surface area contributed by atoms with Crippen LogP contribution in [0.2, 0.25) is 0 Å². The Morgan fingerprint density at radius 2 is 1.83 bits per heavy atom. The molecule has 12 heavy (non-hydrogen) atoms. The van der Waals surface area contributed by atoms with Crippen molar-refractivity contribution < 1.29 is 20.4 Å². The van der Waals surface area contributed by atoms with Crippen LogP contribution in [0.3, 0.4) is 0 Å². The van der Waals surface area contributed by atoms with Gasteiger partial charge in [-0.25, -0.2) is 0 Å². The minimum absolute atomic E-state index is 0.339. The maximum absolute atomic E-state index is 8.97. The van der Waals surface area contributed by atoms with Crippen molar-refractivity contribution in [2.45, 2.75) is 18.3 Å². The van der Waals surface area contributed by atoms with E-state index in [1.807, 2.05) is 0 Å². The lowest BCUT2D eigenvalue weighted by molar-refractivity contribution is -0.0726. The van der Waals surface area contributed by atoms with Crippen LogP contribution in [0.1, 0.15) is 0 Å². The fraction of sp³-hybridized carbons (Fsp3) is 1.00. The van der Waals surface area contributed by atoms with E-state index < -0.39 is 24.9 Å². The second-order valence-corrected chi connectivity index (χ2v) is 2.22. The van der Waals surface area contributed by atoms with Crippen molar-refractivity contribution in [2.75, 3.05) is 13.2 Å². The zero-order valence-corrected chi connectivity index (χ0v) is 6.28. The molecule has 0 saturated carbocycles. The fourth-order valence-electron chi connectivity index (χ4n) is 0.593. The van der Waals surface area contributed by atoms with E-state index in [9.17, 15) is 0 Å². The van der Waals surface area contributed by atoms with Crippen molar-refractivity contribution in [2.24, 2.45) is 5.11 Å². The van der Waals surface area contributed by atoms with Gasteiger partial charge in [-0.2, -0.15) is 0 Å². The van der Waals surface area contributed by atoms with Gasteiger partial charge in [-0.05, 0) is 5.53 Å². The number of nitrogens with zero attached hydrogens (tertiary/aromatic N) is 3. The van der Waals surface area contributed by atoms with Crippen LogP contribution in [0, 0.1) is 0 Å². The highest BCUT2D eigenvalue weighted by atomic mass is 16.4. The topological polar surface area (TPSA) is 130 Å². The van der Waals surface area contributed by atoms with Crippen LogP contribution in [0.15, 0.2) is 5.11 Å². The molecule has 0 bridgehead atoms. The van der Waals surface area contributed by atoms with E-state index in [0.29, 0.717) is 0 Å². The Morgan fingerprint density at radius 1 is 1.25 bits per heavy atom. The summed E-state index contributed by atoms with van der Waals surface area (Å²) in [4.78, 5) is 2.35. The number of azide groups is 1. The van der Waals surface area contributed by atoms with Gasteiger partial charge in [0.1, 0.15) is 12.2 Å². The lowest BCUT2D eigenvalue weighted by Gasteiger charge is -2.19. The summed E-state index contributed by atoms with van der Waals surface area (Å²) in [6.07, 6.45) is -4.28. The third-order valence-electron chi connectivity index (χ3n) is 1.31. The average molecular weight is 177 g/mol. The second kappa shape index (κ2) is 5.76. The van der Waals surface area contributed by atoms with E-state index in [1.54, 1.807) is 0 Å². The first kappa shape index (κ1) is 11.2. The van der Waals surface area contributed by atoms with Crippen molar-refractivity contribution in [1.82, 2.24) is 0 Å². The van der Waals surface area contributed by atoms with Crippen LogP contribution in [0.4, 0.5) is 0 Å². The number of aliphatic hydroxyl groups is 4. The molecular formula is C5H11N3O4. The number of aliphatic hydroxyl groups excluding tert-OH is 4. The van der Waals surface area contributed by atoms with Gasteiger partial charge in [-0.1, -0.05) is 5.11 Å². The Labute approximate surface area is 68.5 Å². The van der Waals surface area contributed by atoms with Gasteiger partial charge in [0.15, 0.2) is 0 Å². The first-order valence-electron chi connectivity index (χ1n) is 3.29. The van der Waals surface area contributed by atoms with Gasteiger partial charge >= 0.3 is 0 Å². The van der Waals surface area contributed by atoms with Crippen LogP contribution in [0.25, 0.3) is 10.4 Å². The first-order chi connectivity index (χ1) is 5.63. The predicted octanol–water partition coefficient (Wildman–Crippen LogP) is -1.63. The Bertz CT molecular complexity index is 170.